The van der Waals surface area contributed by atoms with Gasteiger partial charge >= 0.3 is 0 Å². The molecule has 0 bridgehead atoms. The average Bonchev–Trinajstić information content (AvgIpc) is 1.90. The van der Waals surface area contributed by atoms with Crippen LogP contribution >= 0.6 is 0 Å². The number of hydrogen-bond donors (Lipinski definition) is 1. The first-order chi connectivity index (χ1) is 4.27. The lowest BCUT2D eigenvalue weighted by molar-refractivity contribution is -0.164. The minimum atomic E-state index is -0.446. The van der Waals surface area contributed by atoms with Crippen molar-refractivity contribution in [1.82, 2.24) is 0 Å². The van der Waals surface area contributed by atoms with Gasteiger partial charge in [0.25, 0.3) is 0 Å². The fourth-order valence-corrected chi connectivity index (χ4v) is 0.768. The van der Waals surface area contributed by atoms with Crippen LogP contribution in [0.1, 0.15) is 6.92 Å². The molecule has 0 aromatic heterocycles. The maximum absolute atomic E-state index is 8.75. The van der Waals surface area contributed by atoms with Crippen LogP contribution in [0.5, 0.6) is 0 Å². The molecule has 0 radical (unpaired) electrons. The van der Waals surface area contributed by atoms with Gasteiger partial charge in [-0.25, -0.2) is 0 Å². The molecule has 54 valence electrons. The molecular formula is C6H12O3. The lowest BCUT2D eigenvalue weighted by Crippen LogP contribution is -2.43. The zero-order valence-corrected chi connectivity index (χ0v) is 5.59. The van der Waals surface area contributed by atoms with Crippen LogP contribution in [0.3, 0.4) is 0 Å². The van der Waals surface area contributed by atoms with Gasteiger partial charge in [0.15, 0.2) is 0 Å². The number of rotatable bonds is 1. The normalized spacial score (nSPS) is 36.7. The van der Waals surface area contributed by atoms with Crippen LogP contribution in [-0.2, 0) is 9.47 Å². The van der Waals surface area contributed by atoms with Crippen molar-refractivity contribution in [2.75, 3.05) is 26.4 Å². The smallest absolute Gasteiger partial charge is 0.112 e. The molecule has 0 spiro atoms. The SMILES string of the molecule is C[C@@]1(CO)COCCO1. The summed E-state index contributed by atoms with van der Waals surface area (Å²) in [5, 5.41) is 8.75. The topological polar surface area (TPSA) is 38.7 Å². The highest BCUT2D eigenvalue weighted by atomic mass is 16.6. The summed E-state index contributed by atoms with van der Waals surface area (Å²) in [6, 6.07) is 0. The van der Waals surface area contributed by atoms with Crippen LogP contribution < -0.4 is 0 Å². The first-order valence-corrected chi connectivity index (χ1v) is 3.09. The molecule has 3 nitrogen and oxygen atoms in total. The molecule has 3 heteroatoms. The summed E-state index contributed by atoms with van der Waals surface area (Å²) >= 11 is 0. The number of ether oxygens (including phenoxy) is 2. The highest BCUT2D eigenvalue weighted by molar-refractivity contribution is 4.75. The predicted molar refractivity (Wildman–Crippen MR) is 32.3 cm³/mol. The zero-order valence-electron chi connectivity index (χ0n) is 5.59. The lowest BCUT2D eigenvalue weighted by atomic mass is 10.1. The van der Waals surface area contributed by atoms with Crippen molar-refractivity contribution in [2.45, 2.75) is 12.5 Å². The molecule has 9 heavy (non-hydrogen) atoms. The third-order valence-corrected chi connectivity index (χ3v) is 1.42. The second kappa shape index (κ2) is 2.64. The Morgan fingerprint density at radius 3 is 2.67 bits per heavy atom. The molecule has 1 aliphatic rings. The van der Waals surface area contributed by atoms with Crippen molar-refractivity contribution in [3.8, 4) is 0 Å². The second-order valence-electron chi connectivity index (χ2n) is 2.51. The van der Waals surface area contributed by atoms with E-state index in [4.69, 9.17) is 14.6 Å². The highest BCUT2D eigenvalue weighted by Gasteiger charge is 2.27. The Morgan fingerprint density at radius 2 is 2.33 bits per heavy atom. The van der Waals surface area contributed by atoms with Crippen LogP contribution in [0.25, 0.3) is 0 Å². The molecule has 0 amide bonds. The molecule has 1 atom stereocenters. The van der Waals surface area contributed by atoms with Gasteiger partial charge in [-0.2, -0.15) is 0 Å². The molecular weight excluding hydrogens is 120 g/mol. The van der Waals surface area contributed by atoms with Crippen LogP contribution in [0.15, 0.2) is 0 Å². The molecule has 1 rings (SSSR count). The third kappa shape index (κ3) is 1.64. The predicted octanol–water partition coefficient (Wildman–Crippen LogP) is -0.216. The van der Waals surface area contributed by atoms with E-state index in [-0.39, 0.29) is 6.61 Å². The van der Waals surface area contributed by atoms with Gasteiger partial charge in [0.2, 0.25) is 0 Å². The van der Waals surface area contributed by atoms with Gasteiger partial charge in [-0.05, 0) is 6.92 Å². The largest absolute Gasteiger partial charge is 0.393 e. The van der Waals surface area contributed by atoms with E-state index in [0.717, 1.165) is 0 Å². The second-order valence-corrected chi connectivity index (χ2v) is 2.51. The van der Waals surface area contributed by atoms with E-state index in [1.165, 1.54) is 0 Å². The lowest BCUT2D eigenvalue weighted by Gasteiger charge is -2.31. The van der Waals surface area contributed by atoms with Gasteiger partial charge in [0.1, 0.15) is 5.60 Å². The molecule has 0 unspecified atom stereocenters. The van der Waals surface area contributed by atoms with Crippen molar-refractivity contribution in [3.63, 3.8) is 0 Å². The fraction of sp³-hybridized carbons (Fsp3) is 1.00. The van der Waals surface area contributed by atoms with E-state index in [2.05, 4.69) is 0 Å². The van der Waals surface area contributed by atoms with Crippen molar-refractivity contribution < 1.29 is 14.6 Å². The van der Waals surface area contributed by atoms with Crippen LogP contribution in [0.4, 0.5) is 0 Å². The van der Waals surface area contributed by atoms with Gasteiger partial charge in [0, 0.05) is 0 Å². The van der Waals surface area contributed by atoms with Gasteiger partial charge in [-0.1, -0.05) is 0 Å². The van der Waals surface area contributed by atoms with Crippen LogP contribution in [-0.4, -0.2) is 37.1 Å². The molecule has 0 aromatic rings. The minimum Gasteiger partial charge on any atom is -0.393 e. The minimum absolute atomic E-state index is 0.0347. The summed E-state index contributed by atoms with van der Waals surface area (Å²) in [6.07, 6.45) is 0. The Balaban J connectivity index is 2.37. The zero-order chi connectivity index (χ0) is 6.74. The van der Waals surface area contributed by atoms with Crippen LogP contribution in [0, 0.1) is 0 Å². The summed E-state index contributed by atoms with van der Waals surface area (Å²) in [5.41, 5.74) is -0.446. The molecule has 0 aliphatic carbocycles. The molecule has 0 saturated carbocycles. The summed E-state index contributed by atoms with van der Waals surface area (Å²) in [7, 11) is 0. The summed E-state index contributed by atoms with van der Waals surface area (Å²) in [5.74, 6) is 0. The number of aliphatic hydroxyl groups excluding tert-OH is 1. The molecule has 1 N–H and O–H groups in total. The van der Waals surface area contributed by atoms with E-state index in [1.807, 2.05) is 6.92 Å². The first-order valence-electron chi connectivity index (χ1n) is 3.09. The quantitative estimate of drug-likeness (QED) is 0.536. The number of hydrogen-bond acceptors (Lipinski definition) is 3. The summed E-state index contributed by atoms with van der Waals surface area (Å²) in [4.78, 5) is 0. The highest BCUT2D eigenvalue weighted by Crippen LogP contribution is 2.13. The molecule has 0 aromatic carbocycles. The summed E-state index contributed by atoms with van der Waals surface area (Å²) in [6.45, 7) is 3.62. The van der Waals surface area contributed by atoms with E-state index in [1.54, 1.807) is 0 Å². The average molecular weight is 132 g/mol. The standard InChI is InChI=1S/C6H12O3/c1-6(4-7)5-8-2-3-9-6/h7H,2-5H2,1H3/t6-/m1/s1. The third-order valence-electron chi connectivity index (χ3n) is 1.42. The van der Waals surface area contributed by atoms with E-state index < -0.39 is 5.60 Å². The van der Waals surface area contributed by atoms with Gasteiger partial charge in [-0.3, -0.25) is 0 Å². The van der Waals surface area contributed by atoms with Crippen molar-refractivity contribution in [1.29, 1.82) is 0 Å². The Hall–Kier alpha value is -0.120. The van der Waals surface area contributed by atoms with E-state index in [0.29, 0.717) is 19.8 Å². The van der Waals surface area contributed by atoms with E-state index >= 15 is 0 Å². The monoisotopic (exact) mass is 132 g/mol. The first kappa shape index (κ1) is 6.99. The molecule has 1 heterocycles. The van der Waals surface area contributed by atoms with Gasteiger partial charge in [-0.15, -0.1) is 0 Å². The Kier molecular flexibility index (Phi) is 2.05. The molecule has 1 saturated heterocycles. The molecule has 1 aliphatic heterocycles. The Morgan fingerprint density at radius 1 is 1.56 bits per heavy atom. The fourth-order valence-electron chi connectivity index (χ4n) is 0.768. The van der Waals surface area contributed by atoms with E-state index in [9.17, 15) is 0 Å². The van der Waals surface area contributed by atoms with Crippen LogP contribution in [0.2, 0.25) is 0 Å². The van der Waals surface area contributed by atoms with Crippen molar-refractivity contribution in [2.24, 2.45) is 0 Å². The Bertz CT molecular complexity index is 86.3. The maximum atomic E-state index is 8.75. The van der Waals surface area contributed by atoms with Gasteiger partial charge in [0.05, 0.1) is 26.4 Å². The van der Waals surface area contributed by atoms with Crippen molar-refractivity contribution >= 4 is 0 Å². The van der Waals surface area contributed by atoms with Gasteiger partial charge < -0.3 is 14.6 Å². The molecule has 1 fully saturated rings. The number of aliphatic hydroxyl groups is 1. The maximum Gasteiger partial charge on any atom is 0.112 e. The van der Waals surface area contributed by atoms with Crippen molar-refractivity contribution in [3.05, 3.63) is 0 Å². The Labute approximate surface area is 54.6 Å². The summed E-state index contributed by atoms with van der Waals surface area (Å²) < 4.78 is 10.3.